The van der Waals surface area contributed by atoms with E-state index in [0.29, 0.717) is 11.6 Å². The Hall–Kier alpha value is -1.06. The minimum Gasteiger partial charge on any atom is -0.381 e. The summed E-state index contributed by atoms with van der Waals surface area (Å²) in [4.78, 5) is 0. The van der Waals surface area contributed by atoms with E-state index in [0.717, 1.165) is 6.42 Å². The molecule has 3 nitrogen and oxygen atoms in total. The van der Waals surface area contributed by atoms with Crippen molar-refractivity contribution in [3.8, 4) is 0 Å². The molecule has 1 aliphatic carbocycles. The first-order valence-corrected chi connectivity index (χ1v) is 5.30. The van der Waals surface area contributed by atoms with Crippen LogP contribution in [0.5, 0.6) is 0 Å². The molecule has 1 fully saturated rings. The number of rotatable bonds is 1. The average Bonchev–Trinajstić information content (AvgIpc) is 2.85. The SMILES string of the molecule is Cn1nc(C2CC2C(C)(C)C)c(F)c1N. The molecule has 0 amide bonds. The zero-order valence-corrected chi connectivity index (χ0v) is 9.71. The van der Waals surface area contributed by atoms with E-state index in [1.165, 1.54) is 4.68 Å². The predicted molar refractivity (Wildman–Crippen MR) is 57.9 cm³/mol. The monoisotopic (exact) mass is 211 g/mol. The van der Waals surface area contributed by atoms with Gasteiger partial charge in [-0.3, -0.25) is 4.68 Å². The average molecular weight is 211 g/mol. The smallest absolute Gasteiger partial charge is 0.188 e. The number of halogens is 1. The van der Waals surface area contributed by atoms with Crippen LogP contribution in [0.15, 0.2) is 0 Å². The maximum atomic E-state index is 13.7. The normalized spacial score (nSPS) is 25.7. The van der Waals surface area contributed by atoms with Gasteiger partial charge >= 0.3 is 0 Å². The highest BCUT2D eigenvalue weighted by molar-refractivity contribution is 5.37. The maximum absolute atomic E-state index is 13.7. The molecule has 0 saturated heterocycles. The Balaban J connectivity index is 2.24. The number of anilines is 1. The van der Waals surface area contributed by atoms with Gasteiger partial charge in [-0.25, -0.2) is 4.39 Å². The summed E-state index contributed by atoms with van der Waals surface area (Å²) < 4.78 is 15.1. The first-order chi connectivity index (χ1) is 6.82. The lowest BCUT2D eigenvalue weighted by molar-refractivity contribution is 0.341. The van der Waals surface area contributed by atoms with Gasteiger partial charge in [0, 0.05) is 13.0 Å². The van der Waals surface area contributed by atoms with Crippen LogP contribution >= 0.6 is 0 Å². The molecule has 2 atom stereocenters. The van der Waals surface area contributed by atoms with Gasteiger partial charge in [0.05, 0.1) is 0 Å². The Morgan fingerprint density at radius 3 is 2.40 bits per heavy atom. The fourth-order valence-electron chi connectivity index (χ4n) is 2.22. The Morgan fingerprint density at radius 1 is 1.47 bits per heavy atom. The van der Waals surface area contributed by atoms with Crippen molar-refractivity contribution in [1.29, 1.82) is 0 Å². The van der Waals surface area contributed by atoms with Crippen LogP contribution < -0.4 is 5.73 Å². The summed E-state index contributed by atoms with van der Waals surface area (Å²) in [5.41, 5.74) is 6.32. The lowest BCUT2D eigenvalue weighted by Gasteiger charge is -2.17. The Morgan fingerprint density at radius 2 is 2.07 bits per heavy atom. The van der Waals surface area contributed by atoms with Crippen molar-refractivity contribution in [2.45, 2.75) is 33.1 Å². The molecule has 1 aromatic heterocycles. The van der Waals surface area contributed by atoms with Crippen molar-refractivity contribution in [2.75, 3.05) is 5.73 Å². The van der Waals surface area contributed by atoms with Crippen molar-refractivity contribution in [2.24, 2.45) is 18.4 Å². The van der Waals surface area contributed by atoms with Crippen LogP contribution in [0, 0.1) is 17.2 Å². The van der Waals surface area contributed by atoms with Crippen LogP contribution in [0.3, 0.4) is 0 Å². The molecule has 0 spiro atoms. The third-order valence-electron chi connectivity index (χ3n) is 3.31. The standard InChI is InChI=1S/C11H18FN3/c1-11(2,3)7-5-6(7)9-8(12)10(13)15(4)14-9/h6-7H,5,13H2,1-4H3. The number of aromatic nitrogens is 2. The largest absolute Gasteiger partial charge is 0.381 e. The quantitative estimate of drug-likeness (QED) is 0.774. The molecule has 15 heavy (non-hydrogen) atoms. The van der Waals surface area contributed by atoms with Gasteiger partial charge in [0.25, 0.3) is 0 Å². The molecule has 0 aliphatic heterocycles. The zero-order chi connectivity index (χ0) is 11.4. The molecule has 0 radical (unpaired) electrons. The second kappa shape index (κ2) is 2.97. The Bertz CT molecular complexity index is 389. The molecule has 1 aliphatic rings. The topological polar surface area (TPSA) is 43.8 Å². The first-order valence-electron chi connectivity index (χ1n) is 5.30. The summed E-state index contributed by atoms with van der Waals surface area (Å²) in [5.74, 6) is 0.605. The van der Waals surface area contributed by atoms with Crippen molar-refractivity contribution in [3.63, 3.8) is 0 Å². The molecule has 2 rings (SSSR count). The Kier molecular flexibility index (Phi) is 2.07. The van der Waals surface area contributed by atoms with E-state index in [1.54, 1.807) is 7.05 Å². The van der Waals surface area contributed by atoms with E-state index in [4.69, 9.17) is 5.73 Å². The molecule has 4 heteroatoms. The van der Waals surface area contributed by atoms with E-state index in [1.807, 2.05) is 0 Å². The highest BCUT2D eigenvalue weighted by atomic mass is 19.1. The number of nitrogens with two attached hydrogens (primary N) is 1. The minimum atomic E-state index is -0.325. The fourth-order valence-corrected chi connectivity index (χ4v) is 2.22. The fraction of sp³-hybridized carbons (Fsp3) is 0.727. The van der Waals surface area contributed by atoms with Crippen molar-refractivity contribution >= 4 is 5.82 Å². The number of nitrogen functional groups attached to an aromatic ring is 1. The second-order valence-electron chi connectivity index (χ2n) is 5.52. The molecule has 2 unspecified atom stereocenters. The molecule has 84 valence electrons. The van der Waals surface area contributed by atoms with Crippen LogP contribution in [0.4, 0.5) is 10.2 Å². The van der Waals surface area contributed by atoms with Crippen molar-refractivity contribution in [1.82, 2.24) is 9.78 Å². The van der Waals surface area contributed by atoms with Gasteiger partial charge in [0.1, 0.15) is 5.69 Å². The van der Waals surface area contributed by atoms with Gasteiger partial charge < -0.3 is 5.73 Å². The number of aryl methyl sites for hydroxylation is 1. The summed E-state index contributed by atoms with van der Waals surface area (Å²) >= 11 is 0. The van der Waals surface area contributed by atoms with Crippen molar-refractivity contribution in [3.05, 3.63) is 11.5 Å². The molecular formula is C11H18FN3. The third kappa shape index (κ3) is 1.62. The first kappa shape index (κ1) is 10.5. The summed E-state index contributed by atoms with van der Waals surface area (Å²) in [6.45, 7) is 6.55. The summed E-state index contributed by atoms with van der Waals surface area (Å²) in [5, 5.41) is 4.15. The van der Waals surface area contributed by atoms with Crippen LogP contribution in [-0.4, -0.2) is 9.78 Å². The third-order valence-corrected chi connectivity index (χ3v) is 3.31. The number of nitrogens with zero attached hydrogens (tertiary/aromatic N) is 2. The maximum Gasteiger partial charge on any atom is 0.188 e. The van der Waals surface area contributed by atoms with Gasteiger partial charge in [-0.1, -0.05) is 20.8 Å². The molecule has 0 bridgehead atoms. The van der Waals surface area contributed by atoms with E-state index < -0.39 is 0 Å². The molecule has 1 aromatic rings. The Labute approximate surface area is 89.5 Å². The molecule has 1 saturated carbocycles. The van der Waals surface area contributed by atoms with Gasteiger partial charge in [-0.15, -0.1) is 0 Å². The van der Waals surface area contributed by atoms with Gasteiger partial charge in [0.2, 0.25) is 0 Å². The van der Waals surface area contributed by atoms with E-state index in [2.05, 4.69) is 25.9 Å². The predicted octanol–water partition coefficient (Wildman–Crippen LogP) is 2.29. The number of hydrogen-bond acceptors (Lipinski definition) is 2. The second-order valence-corrected chi connectivity index (χ2v) is 5.52. The van der Waals surface area contributed by atoms with Crippen LogP contribution in [0.2, 0.25) is 0 Å². The highest BCUT2D eigenvalue weighted by Gasteiger charge is 2.48. The van der Waals surface area contributed by atoms with E-state index in [-0.39, 0.29) is 23.0 Å². The molecule has 1 heterocycles. The summed E-state index contributed by atoms with van der Waals surface area (Å²) in [6, 6.07) is 0. The van der Waals surface area contributed by atoms with Gasteiger partial charge in [-0.05, 0) is 17.8 Å². The van der Waals surface area contributed by atoms with E-state index in [9.17, 15) is 4.39 Å². The lowest BCUT2D eigenvalue weighted by Crippen LogP contribution is -2.09. The van der Waals surface area contributed by atoms with Crippen LogP contribution in [-0.2, 0) is 7.05 Å². The van der Waals surface area contributed by atoms with Gasteiger partial charge in [-0.2, -0.15) is 5.10 Å². The highest BCUT2D eigenvalue weighted by Crippen LogP contribution is 2.56. The van der Waals surface area contributed by atoms with Crippen molar-refractivity contribution < 1.29 is 4.39 Å². The lowest BCUT2D eigenvalue weighted by atomic mass is 9.88. The minimum absolute atomic E-state index is 0.143. The summed E-state index contributed by atoms with van der Waals surface area (Å²) in [7, 11) is 1.68. The zero-order valence-electron chi connectivity index (χ0n) is 9.71. The number of hydrogen-bond donors (Lipinski definition) is 1. The molecule has 2 N–H and O–H groups in total. The van der Waals surface area contributed by atoms with Crippen LogP contribution in [0.1, 0.15) is 38.8 Å². The van der Waals surface area contributed by atoms with Crippen LogP contribution in [0.25, 0.3) is 0 Å². The summed E-state index contributed by atoms with van der Waals surface area (Å²) in [6.07, 6.45) is 1.02. The molecule has 0 aromatic carbocycles. The molecular weight excluding hydrogens is 193 g/mol. The van der Waals surface area contributed by atoms with E-state index >= 15 is 0 Å². The van der Waals surface area contributed by atoms with Gasteiger partial charge in [0.15, 0.2) is 11.6 Å².